The first-order valence-corrected chi connectivity index (χ1v) is 7.40. The normalized spacial score (nSPS) is 11.2. The van der Waals surface area contributed by atoms with E-state index in [4.69, 9.17) is 0 Å². The third kappa shape index (κ3) is 4.66. The van der Waals surface area contributed by atoms with E-state index < -0.39 is 11.7 Å². The minimum Gasteiger partial charge on any atom is -0.366 e. The molecule has 2 heterocycles. The van der Waals surface area contributed by atoms with Gasteiger partial charge >= 0.3 is 6.18 Å². The standard InChI is InChI=1S/C17H14F3N5/c18-17(19,20)13-2-1-3-14(8-13)25-16-9-15(23-11-24-16)22-10-12-4-6-21-7-5-12/h1-9,11H,10H2,(H2,22,23,24,25). The Labute approximate surface area is 142 Å². The van der Waals surface area contributed by atoms with Crippen molar-refractivity contribution in [3.05, 3.63) is 72.3 Å². The molecule has 0 aliphatic heterocycles. The topological polar surface area (TPSA) is 62.7 Å². The summed E-state index contributed by atoms with van der Waals surface area (Å²) in [5.41, 5.74) is 0.609. The molecule has 0 amide bonds. The largest absolute Gasteiger partial charge is 0.416 e. The van der Waals surface area contributed by atoms with Crippen molar-refractivity contribution in [3.63, 3.8) is 0 Å². The van der Waals surface area contributed by atoms with E-state index in [-0.39, 0.29) is 0 Å². The maximum absolute atomic E-state index is 12.8. The molecule has 0 radical (unpaired) electrons. The smallest absolute Gasteiger partial charge is 0.366 e. The number of nitrogens with zero attached hydrogens (tertiary/aromatic N) is 3. The lowest BCUT2D eigenvalue weighted by Gasteiger charge is -2.11. The molecule has 25 heavy (non-hydrogen) atoms. The third-order valence-corrected chi connectivity index (χ3v) is 3.35. The molecule has 0 aliphatic rings. The Morgan fingerprint density at radius 3 is 2.44 bits per heavy atom. The zero-order valence-corrected chi connectivity index (χ0v) is 13.0. The van der Waals surface area contributed by atoms with Crippen LogP contribution in [-0.4, -0.2) is 15.0 Å². The first-order chi connectivity index (χ1) is 12.0. The monoisotopic (exact) mass is 345 g/mol. The molecule has 3 rings (SSSR count). The summed E-state index contributed by atoms with van der Waals surface area (Å²) in [4.78, 5) is 12.1. The number of halogens is 3. The highest BCUT2D eigenvalue weighted by atomic mass is 19.4. The van der Waals surface area contributed by atoms with E-state index in [1.54, 1.807) is 24.5 Å². The average Bonchev–Trinajstić information content (AvgIpc) is 2.61. The highest BCUT2D eigenvalue weighted by Gasteiger charge is 2.30. The van der Waals surface area contributed by atoms with E-state index in [1.165, 1.54) is 12.4 Å². The van der Waals surface area contributed by atoms with Gasteiger partial charge in [-0.2, -0.15) is 13.2 Å². The van der Waals surface area contributed by atoms with Crippen LogP contribution in [0, 0.1) is 0 Å². The molecular weight excluding hydrogens is 331 g/mol. The third-order valence-electron chi connectivity index (χ3n) is 3.35. The van der Waals surface area contributed by atoms with Gasteiger partial charge in [0, 0.05) is 30.7 Å². The Balaban J connectivity index is 1.69. The van der Waals surface area contributed by atoms with Gasteiger partial charge in [0.25, 0.3) is 0 Å². The predicted octanol–water partition coefficient (Wildman–Crippen LogP) is 4.25. The van der Waals surface area contributed by atoms with Crippen molar-refractivity contribution < 1.29 is 13.2 Å². The number of rotatable bonds is 5. The molecule has 2 aromatic heterocycles. The molecule has 0 fully saturated rings. The number of benzene rings is 1. The fourth-order valence-corrected chi connectivity index (χ4v) is 2.14. The van der Waals surface area contributed by atoms with Gasteiger partial charge in [-0.1, -0.05) is 6.07 Å². The van der Waals surface area contributed by atoms with Crippen LogP contribution < -0.4 is 10.6 Å². The van der Waals surface area contributed by atoms with Gasteiger partial charge in [-0.3, -0.25) is 4.98 Å². The van der Waals surface area contributed by atoms with Crippen LogP contribution >= 0.6 is 0 Å². The minimum atomic E-state index is -4.39. The Morgan fingerprint density at radius 2 is 1.68 bits per heavy atom. The Bertz CT molecular complexity index is 837. The molecule has 0 spiro atoms. The Morgan fingerprint density at radius 1 is 0.920 bits per heavy atom. The summed E-state index contributed by atoms with van der Waals surface area (Å²) in [7, 11) is 0. The lowest BCUT2D eigenvalue weighted by Crippen LogP contribution is -2.06. The van der Waals surface area contributed by atoms with Gasteiger partial charge in [0.15, 0.2) is 0 Å². The number of anilines is 3. The van der Waals surface area contributed by atoms with E-state index >= 15 is 0 Å². The van der Waals surface area contributed by atoms with Crippen molar-refractivity contribution in [1.29, 1.82) is 0 Å². The van der Waals surface area contributed by atoms with E-state index in [2.05, 4.69) is 25.6 Å². The molecule has 0 saturated carbocycles. The number of alkyl halides is 3. The number of hydrogen-bond acceptors (Lipinski definition) is 5. The van der Waals surface area contributed by atoms with E-state index in [9.17, 15) is 13.2 Å². The number of nitrogens with one attached hydrogen (secondary N) is 2. The molecule has 0 unspecified atom stereocenters. The van der Waals surface area contributed by atoms with Crippen LogP contribution in [0.25, 0.3) is 0 Å². The van der Waals surface area contributed by atoms with Gasteiger partial charge in [0.2, 0.25) is 0 Å². The van der Waals surface area contributed by atoms with Gasteiger partial charge in [0.1, 0.15) is 18.0 Å². The molecule has 0 saturated heterocycles. The summed E-state index contributed by atoms with van der Waals surface area (Å²) in [6, 6.07) is 10.3. The van der Waals surface area contributed by atoms with E-state index in [0.29, 0.717) is 23.9 Å². The van der Waals surface area contributed by atoms with Crippen LogP contribution in [0.15, 0.2) is 61.2 Å². The molecule has 8 heteroatoms. The van der Waals surface area contributed by atoms with Crippen LogP contribution in [0.4, 0.5) is 30.5 Å². The number of aromatic nitrogens is 3. The molecular formula is C17H14F3N5. The van der Waals surface area contributed by atoms with Gasteiger partial charge in [-0.25, -0.2) is 9.97 Å². The van der Waals surface area contributed by atoms with Crippen molar-refractivity contribution >= 4 is 17.3 Å². The molecule has 1 aromatic carbocycles. The van der Waals surface area contributed by atoms with Crippen molar-refractivity contribution in [2.75, 3.05) is 10.6 Å². The van der Waals surface area contributed by atoms with Gasteiger partial charge < -0.3 is 10.6 Å². The molecule has 128 valence electrons. The SMILES string of the molecule is FC(F)(F)c1cccc(Nc2cc(NCc3ccncc3)ncn2)c1. The molecule has 2 N–H and O–H groups in total. The lowest BCUT2D eigenvalue weighted by atomic mass is 10.2. The van der Waals surface area contributed by atoms with E-state index in [1.807, 2.05) is 12.1 Å². The van der Waals surface area contributed by atoms with Crippen LogP contribution in [0.2, 0.25) is 0 Å². The molecule has 0 bridgehead atoms. The number of hydrogen-bond donors (Lipinski definition) is 2. The summed E-state index contributed by atoms with van der Waals surface area (Å²) in [5.74, 6) is 0.952. The zero-order chi connectivity index (χ0) is 17.7. The van der Waals surface area contributed by atoms with Gasteiger partial charge in [0.05, 0.1) is 5.56 Å². The quantitative estimate of drug-likeness (QED) is 0.724. The maximum atomic E-state index is 12.8. The van der Waals surface area contributed by atoms with Crippen molar-refractivity contribution in [3.8, 4) is 0 Å². The number of pyridine rings is 1. The second-order valence-corrected chi connectivity index (χ2v) is 5.20. The summed E-state index contributed by atoms with van der Waals surface area (Å²) >= 11 is 0. The summed E-state index contributed by atoms with van der Waals surface area (Å²) < 4.78 is 38.3. The van der Waals surface area contributed by atoms with Gasteiger partial charge in [-0.15, -0.1) is 0 Å². The molecule has 5 nitrogen and oxygen atoms in total. The van der Waals surface area contributed by atoms with Crippen LogP contribution in [0.3, 0.4) is 0 Å². The highest BCUT2D eigenvalue weighted by molar-refractivity contribution is 5.59. The fraction of sp³-hybridized carbons (Fsp3) is 0.118. The van der Waals surface area contributed by atoms with Crippen LogP contribution in [0.1, 0.15) is 11.1 Å². The Kier molecular flexibility index (Phi) is 4.78. The van der Waals surface area contributed by atoms with Gasteiger partial charge in [-0.05, 0) is 35.9 Å². The minimum absolute atomic E-state index is 0.300. The first kappa shape index (κ1) is 16.7. The van der Waals surface area contributed by atoms with Crippen LogP contribution in [0.5, 0.6) is 0 Å². The van der Waals surface area contributed by atoms with Crippen molar-refractivity contribution in [2.45, 2.75) is 12.7 Å². The predicted molar refractivity (Wildman–Crippen MR) is 88.3 cm³/mol. The average molecular weight is 345 g/mol. The second-order valence-electron chi connectivity index (χ2n) is 5.20. The van der Waals surface area contributed by atoms with Crippen LogP contribution in [-0.2, 0) is 12.7 Å². The second kappa shape index (κ2) is 7.16. The van der Waals surface area contributed by atoms with Crippen molar-refractivity contribution in [1.82, 2.24) is 15.0 Å². The highest BCUT2D eigenvalue weighted by Crippen LogP contribution is 2.31. The molecule has 0 aliphatic carbocycles. The van der Waals surface area contributed by atoms with E-state index in [0.717, 1.165) is 17.7 Å². The summed E-state index contributed by atoms with van der Waals surface area (Å²) in [6.45, 7) is 0.544. The Hall–Kier alpha value is -3.16. The summed E-state index contributed by atoms with van der Waals surface area (Å²) in [6.07, 6.45) is 0.334. The lowest BCUT2D eigenvalue weighted by molar-refractivity contribution is -0.137. The molecule has 3 aromatic rings. The fourth-order valence-electron chi connectivity index (χ4n) is 2.14. The molecule has 0 atom stereocenters. The van der Waals surface area contributed by atoms with Crippen molar-refractivity contribution in [2.24, 2.45) is 0 Å². The first-order valence-electron chi connectivity index (χ1n) is 7.40. The zero-order valence-electron chi connectivity index (χ0n) is 13.0. The maximum Gasteiger partial charge on any atom is 0.416 e. The summed E-state index contributed by atoms with van der Waals surface area (Å²) in [5, 5.41) is 5.98.